The normalized spacial score (nSPS) is 25.6. The number of hydrogen-bond acceptors (Lipinski definition) is 4. The molecule has 8 heteroatoms. The van der Waals surface area contributed by atoms with Crippen LogP contribution in [-0.2, 0) is 9.84 Å². The SMILES string of the molecule is CS(=O)(=O)c1cccc(N2CCN(CC3CCC(C(F)(F)F)CC3)CC2)c1. The third-order valence-corrected chi connectivity index (χ3v) is 6.92. The van der Waals surface area contributed by atoms with Crippen LogP contribution in [0.4, 0.5) is 18.9 Å². The first kappa shape index (κ1) is 20.5. The smallest absolute Gasteiger partial charge is 0.369 e. The van der Waals surface area contributed by atoms with E-state index in [0.29, 0.717) is 23.7 Å². The van der Waals surface area contributed by atoms with Gasteiger partial charge >= 0.3 is 6.18 Å². The molecule has 1 saturated carbocycles. The Balaban J connectivity index is 1.49. The van der Waals surface area contributed by atoms with Gasteiger partial charge in [0.1, 0.15) is 0 Å². The minimum atomic E-state index is -4.04. The molecule has 0 radical (unpaired) electrons. The van der Waals surface area contributed by atoms with Crippen molar-refractivity contribution in [1.29, 1.82) is 0 Å². The average Bonchev–Trinajstić information content (AvgIpc) is 2.61. The van der Waals surface area contributed by atoms with Crippen LogP contribution in [0, 0.1) is 11.8 Å². The van der Waals surface area contributed by atoms with Gasteiger partial charge in [0.05, 0.1) is 10.8 Å². The predicted octanol–water partition coefficient (Wildman–Crippen LogP) is 3.58. The maximum absolute atomic E-state index is 12.8. The van der Waals surface area contributed by atoms with E-state index >= 15 is 0 Å². The first-order chi connectivity index (χ1) is 12.6. The molecule has 3 rings (SSSR count). The van der Waals surface area contributed by atoms with Crippen molar-refractivity contribution in [2.75, 3.05) is 43.9 Å². The Morgan fingerprint density at radius 3 is 2.22 bits per heavy atom. The van der Waals surface area contributed by atoms with Gasteiger partial charge in [-0.15, -0.1) is 0 Å². The van der Waals surface area contributed by atoms with Crippen molar-refractivity contribution in [3.8, 4) is 0 Å². The number of halogens is 3. The van der Waals surface area contributed by atoms with Crippen molar-refractivity contribution in [2.45, 2.75) is 36.8 Å². The molecule has 0 unspecified atom stereocenters. The van der Waals surface area contributed by atoms with E-state index in [-0.39, 0.29) is 12.8 Å². The van der Waals surface area contributed by atoms with Crippen LogP contribution in [0.25, 0.3) is 0 Å². The Morgan fingerprint density at radius 2 is 1.67 bits per heavy atom. The third-order valence-electron chi connectivity index (χ3n) is 5.81. The van der Waals surface area contributed by atoms with Crippen LogP contribution in [0.1, 0.15) is 25.7 Å². The lowest BCUT2D eigenvalue weighted by Gasteiger charge is -2.39. The highest BCUT2D eigenvalue weighted by molar-refractivity contribution is 7.90. The van der Waals surface area contributed by atoms with Gasteiger partial charge in [-0.25, -0.2) is 8.42 Å². The van der Waals surface area contributed by atoms with Crippen molar-refractivity contribution in [3.63, 3.8) is 0 Å². The molecule has 0 N–H and O–H groups in total. The molecule has 0 spiro atoms. The Labute approximate surface area is 159 Å². The molecule has 0 aromatic heterocycles. The molecule has 27 heavy (non-hydrogen) atoms. The molecule has 1 aromatic rings. The first-order valence-corrected chi connectivity index (χ1v) is 11.4. The summed E-state index contributed by atoms with van der Waals surface area (Å²) in [5.41, 5.74) is 0.906. The van der Waals surface area contributed by atoms with E-state index in [9.17, 15) is 21.6 Å². The summed E-state index contributed by atoms with van der Waals surface area (Å²) in [5, 5.41) is 0. The van der Waals surface area contributed by atoms with Gasteiger partial charge in [-0.3, -0.25) is 4.90 Å². The molecule has 152 valence electrons. The lowest BCUT2D eigenvalue weighted by Crippen LogP contribution is -2.48. The van der Waals surface area contributed by atoms with E-state index in [4.69, 9.17) is 0 Å². The van der Waals surface area contributed by atoms with E-state index in [2.05, 4.69) is 9.80 Å². The minimum absolute atomic E-state index is 0.256. The second kappa shape index (κ2) is 7.99. The maximum atomic E-state index is 12.8. The lowest BCUT2D eigenvalue weighted by molar-refractivity contribution is -0.184. The van der Waals surface area contributed by atoms with Crippen LogP contribution >= 0.6 is 0 Å². The largest absolute Gasteiger partial charge is 0.391 e. The summed E-state index contributed by atoms with van der Waals surface area (Å²) in [4.78, 5) is 4.82. The van der Waals surface area contributed by atoms with Gasteiger partial charge in [0, 0.05) is 44.7 Å². The van der Waals surface area contributed by atoms with Crippen molar-refractivity contribution in [2.24, 2.45) is 11.8 Å². The van der Waals surface area contributed by atoms with Gasteiger partial charge in [-0.2, -0.15) is 13.2 Å². The quantitative estimate of drug-likeness (QED) is 0.769. The fraction of sp³-hybridized carbons (Fsp3) is 0.684. The number of sulfone groups is 1. The van der Waals surface area contributed by atoms with Gasteiger partial charge in [0.25, 0.3) is 0 Å². The second-order valence-electron chi connectivity index (χ2n) is 7.82. The molecule has 2 fully saturated rings. The molecule has 0 amide bonds. The number of benzene rings is 1. The fourth-order valence-electron chi connectivity index (χ4n) is 4.14. The summed E-state index contributed by atoms with van der Waals surface area (Å²) in [6.07, 6.45) is -1.02. The van der Waals surface area contributed by atoms with Gasteiger partial charge in [0.2, 0.25) is 0 Å². The summed E-state index contributed by atoms with van der Waals surface area (Å²) >= 11 is 0. The fourth-order valence-corrected chi connectivity index (χ4v) is 4.80. The molecule has 4 nitrogen and oxygen atoms in total. The zero-order chi connectivity index (χ0) is 19.7. The van der Waals surface area contributed by atoms with E-state index in [0.717, 1.165) is 38.4 Å². The number of nitrogens with zero attached hydrogens (tertiary/aromatic N) is 2. The Kier molecular flexibility index (Phi) is 6.05. The van der Waals surface area contributed by atoms with Crippen LogP contribution < -0.4 is 4.90 Å². The molecule has 1 aromatic carbocycles. The van der Waals surface area contributed by atoms with Crippen LogP contribution in [0.3, 0.4) is 0 Å². The number of rotatable bonds is 4. The van der Waals surface area contributed by atoms with Crippen molar-refractivity contribution in [3.05, 3.63) is 24.3 Å². The van der Waals surface area contributed by atoms with Gasteiger partial charge in [-0.1, -0.05) is 6.07 Å². The monoisotopic (exact) mass is 404 g/mol. The molecule has 1 saturated heterocycles. The molecule has 1 aliphatic heterocycles. The van der Waals surface area contributed by atoms with E-state index in [1.807, 2.05) is 6.07 Å². The number of anilines is 1. The van der Waals surface area contributed by atoms with E-state index in [1.165, 1.54) is 6.26 Å². The van der Waals surface area contributed by atoms with E-state index in [1.54, 1.807) is 18.2 Å². The molecule has 0 atom stereocenters. The maximum Gasteiger partial charge on any atom is 0.391 e. The molecular formula is C19H27F3N2O2S. The van der Waals surface area contributed by atoms with Crippen molar-refractivity contribution >= 4 is 15.5 Å². The third kappa shape index (κ3) is 5.38. The van der Waals surface area contributed by atoms with E-state index < -0.39 is 21.9 Å². The molecule has 1 aliphatic carbocycles. The van der Waals surface area contributed by atoms with Gasteiger partial charge in [-0.05, 0) is 49.8 Å². The number of hydrogen-bond donors (Lipinski definition) is 0. The van der Waals surface area contributed by atoms with Gasteiger partial charge in [0.15, 0.2) is 9.84 Å². The highest BCUT2D eigenvalue weighted by Crippen LogP contribution is 2.39. The van der Waals surface area contributed by atoms with Crippen LogP contribution in [-0.4, -0.2) is 58.5 Å². The first-order valence-electron chi connectivity index (χ1n) is 9.47. The zero-order valence-corrected chi connectivity index (χ0v) is 16.4. The standard InChI is InChI=1S/C19H27F3N2O2S/c1-27(25,26)18-4-2-3-17(13-18)24-11-9-23(10-12-24)14-15-5-7-16(8-6-15)19(20,21)22/h2-4,13,15-16H,5-12,14H2,1H3. The summed E-state index contributed by atoms with van der Waals surface area (Å²) < 4.78 is 61.8. The second-order valence-corrected chi connectivity index (χ2v) is 9.83. The minimum Gasteiger partial charge on any atom is -0.369 e. The molecule has 0 bridgehead atoms. The molecular weight excluding hydrogens is 377 g/mol. The highest BCUT2D eigenvalue weighted by atomic mass is 32.2. The van der Waals surface area contributed by atoms with Crippen molar-refractivity contribution in [1.82, 2.24) is 4.90 Å². The topological polar surface area (TPSA) is 40.6 Å². The highest BCUT2D eigenvalue weighted by Gasteiger charge is 2.41. The predicted molar refractivity (Wildman–Crippen MR) is 99.7 cm³/mol. The summed E-state index contributed by atoms with van der Waals surface area (Å²) in [7, 11) is -3.23. The summed E-state index contributed by atoms with van der Waals surface area (Å²) in [6.45, 7) is 4.16. The van der Waals surface area contributed by atoms with Gasteiger partial charge < -0.3 is 4.90 Å². The number of piperazine rings is 1. The Hall–Kier alpha value is -1.28. The summed E-state index contributed by atoms with van der Waals surface area (Å²) in [5.74, 6) is -0.767. The van der Waals surface area contributed by atoms with Crippen LogP contribution in [0.2, 0.25) is 0 Å². The average molecular weight is 404 g/mol. The lowest BCUT2D eigenvalue weighted by atomic mass is 9.81. The van der Waals surface area contributed by atoms with Crippen LogP contribution in [0.15, 0.2) is 29.2 Å². The Bertz CT molecular complexity index is 736. The molecule has 2 aliphatic rings. The number of alkyl halides is 3. The van der Waals surface area contributed by atoms with Crippen LogP contribution in [0.5, 0.6) is 0 Å². The molecule has 1 heterocycles. The summed E-state index contributed by atoms with van der Waals surface area (Å²) in [6, 6.07) is 7.00. The Morgan fingerprint density at radius 1 is 1.04 bits per heavy atom. The van der Waals surface area contributed by atoms with Crippen molar-refractivity contribution < 1.29 is 21.6 Å². The zero-order valence-electron chi connectivity index (χ0n) is 15.6.